The van der Waals surface area contributed by atoms with Gasteiger partial charge in [0.15, 0.2) is 0 Å². The molecule has 0 atom stereocenters. The Kier molecular flexibility index (Phi) is 6.41. The van der Waals surface area contributed by atoms with Gasteiger partial charge in [-0.15, -0.1) is 0 Å². The number of rotatable bonds is 7. The predicted octanol–water partition coefficient (Wildman–Crippen LogP) is 2.23. The van der Waals surface area contributed by atoms with E-state index in [2.05, 4.69) is 5.32 Å². The van der Waals surface area contributed by atoms with E-state index in [1.165, 1.54) is 10.6 Å². The quantitative estimate of drug-likeness (QED) is 0.835. The molecule has 5 nitrogen and oxygen atoms in total. The monoisotopic (exact) mass is 326 g/mol. The fourth-order valence-corrected chi connectivity index (χ4v) is 3.06. The van der Waals surface area contributed by atoms with Gasteiger partial charge >= 0.3 is 0 Å². The van der Waals surface area contributed by atoms with Crippen molar-refractivity contribution in [3.05, 3.63) is 29.3 Å². The summed E-state index contributed by atoms with van der Waals surface area (Å²) in [4.78, 5) is 11.8. The fourth-order valence-electron chi connectivity index (χ4n) is 2.08. The van der Waals surface area contributed by atoms with E-state index in [1.807, 2.05) is 39.8 Å². The van der Waals surface area contributed by atoms with Gasteiger partial charge in [0.25, 0.3) is 0 Å². The molecule has 0 saturated heterocycles. The minimum absolute atomic E-state index is 0.132. The summed E-state index contributed by atoms with van der Waals surface area (Å²) in [6.07, 6.45) is 1.31. The molecule has 0 radical (unpaired) electrons. The number of anilines is 1. The lowest BCUT2D eigenvalue weighted by atomic mass is 10.1. The number of carbonyl (C=O) groups excluding carboxylic acids is 1. The van der Waals surface area contributed by atoms with Crippen LogP contribution in [0.2, 0.25) is 0 Å². The van der Waals surface area contributed by atoms with E-state index < -0.39 is 10.0 Å². The minimum atomic E-state index is -3.43. The molecular formula is C16H26N2O3S. The Labute approximate surface area is 133 Å². The first-order valence-corrected chi connectivity index (χ1v) is 9.28. The summed E-state index contributed by atoms with van der Waals surface area (Å²) in [5, 5.41) is 2.81. The van der Waals surface area contributed by atoms with Crippen molar-refractivity contribution in [2.45, 2.75) is 34.1 Å². The highest BCUT2D eigenvalue weighted by molar-refractivity contribution is 7.92. The third-order valence-corrected chi connectivity index (χ3v) is 4.67. The average Bonchev–Trinajstić information content (AvgIpc) is 2.39. The predicted molar refractivity (Wildman–Crippen MR) is 90.6 cm³/mol. The molecule has 1 N–H and O–H groups in total. The number of carbonyl (C=O) groups is 1. The van der Waals surface area contributed by atoms with Crippen LogP contribution in [0.5, 0.6) is 0 Å². The highest BCUT2D eigenvalue weighted by Gasteiger charge is 2.20. The number of sulfonamides is 1. The molecule has 1 rings (SSSR count). The maximum absolute atomic E-state index is 12.1. The lowest BCUT2D eigenvalue weighted by Gasteiger charge is -2.24. The van der Waals surface area contributed by atoms with Crippen molar-refractivity contribution in [1.82, 2.24) is 5.32 Å². The van der Waals surface area contributed by atoms with Gasteiger partial charge in [0.2, 0.25) is 15.9 Å². The molecule has 0 aliphatic rings. The number of hydrogen-bond acceptors (Lipinski definition) is 3. The molecule has 1 aromatic rings. The van der Waals surface area contributed by atoms with Gasteiger partial charge in [-0.2, -0.15) is 0 Å². The third kappa shape index (κ3) is 5.33. The first-order chi connectivity index (χ1) is 10.1. The summed E-state index contributed by atoms with van der Waals surface area (Å²) in [6.45, 7) is 8.60. The molecule has 1 amide bonds. The SMILES string of the molecule is Cc1cccc(N(CCC(=O)NCC(C)C)S(C)(=O)=O)c1C. The van der Waals surface area contributed by atoms with Crippen LogP contribution in [-0.4, -0.2) is 33.7 Å². The van der Waals surface area contributed by atoms with E-state index >= 15 is 0 Å². The number of hydrogen-bond donors (Lipinski definition) is 1. The van der Waals surface area contributed by atoms with Crippen LogP contribution in [0.4, 0.5) is 5.69 Å². The van der Waals surface area contributed by atoms with Crippen LogP contribution in [0.15, 0.2) is 18.2 Å². The number of amides is 1. The Morgan fingerprint density at radius 3 is 2.45 bits per heavy atom. The first-order valence-electron chi connectivity index (χ1n) is 7.43. The van der Waals surface area contributed by atoms with E-state index in [0.29, 0.717) is 18.2 Å². The maximum atomic E-state index is 12.1. The van der Waals surface area contributed by atoms with Crippen molar-refractivity contribution in [1.29, 1.82) is 0 Å². The molecule has 0 aromatic heterocycles. The number of nitrogens with one attached hydrogen (secondary N) is 1. The van der Waals surface area contributed by atoms with E-state index in [-0.39, 0.29) is 18.9 Å². The van der Waals surface area contributed by atoms with E-state index in [4.69, 9.17) is 0 Å². The maximum Gasteiger partial charge on any atom is 0.232 e. The molecule has 1 aromatic carbocycles. The summed E-state index contributed by atoms with van der Waals surface area (Å²) in [6, 6.07) is 5.54. The van der Waals surface area contributed by atoms with E-state index in [9.17, 15) is 13.2 Å². The van der Waals surface area contributed by atoms with Crippen LogP contribution in [0, 0.1) is 19.8 Å². The van der Waals surface area contributed by atoms with Gasteiger partial charge in [0.1, 0.15) is 0 Å². The van der Waals surface area contributed by atoms with Crippen LogP contribution in [0.1, 0.15) is 31.4 Å². The molecule has 124 valence electrons. The Bertz CT molecular complexity index is 624. The topological polar surface area (TPSA) is 66.5 Å². The summed E-state index contributed by atoms with van der Waals surface area (Å²) in [5.41, 5.74) is 2.57. The van der Waals surface area contributed by atoms with Gasteiger partial charge in [0.05, 0.1) is 11.9 Å². The molecular weight excluding hydrogens is 300 g/mol. The summed E-state index contributed by atoms with van der Waals surface area (Å²) in [5.74, 6) is 0.238. The highest BCUT2D eigenvalue weighted by atomic mass is 32.2. The molecule has 0 bridgehead atoms. The van der Waals surface area contributed by atoms with Gasteiger partial charge in [0, 0.05) is 19.5 Å². The molecule has 0 unspecified atom stereocenters. The smallest absolute Gasteiger partial charge is 0.232 e. The summed E-state index contributed by atoms with van der Waals surface area (Å²) >= 11 is 0. The lowest BCUT2D eigenvalue weighted by Crippen LogP contribution is -2.36. The molecule has 0 spiro atoms. The van der Waals surface area contributed by atoms with Crippen molar-refractivity contribution in [2.75, 3.05) is 23.7 Å². The molecule has 0 saturated carbocycles. The van der Waals surface area contributed by atoms with Crippen LogP contribution in [-0.2, 0) is 14.8 Å². The Hall–Kier alpha value is -1.56. The Morgan fingerprint density at radius 2 is 1.91 bits per heavy atom. The van der Waals surface area contributed by atoms with Gasteiger partial charge in [-0.25, -0.2) is 8.42 Å². The number of benzene rings is 1. The largest absolute Gasteiger partial charge is 0.356 e. The van der Waals surface area contributed by atoms with E-state index in [1.54, 1.807) is 6.07 Å². The zero-order valence-electron chi connectivity index (χ0n) is 14.0. The molecule has 0 heterocycles. The second-order valence-corrected chi connectivity index (χ2v) is 7.91. The second kappa shape index (κ2) is 7.63. The van der Waals surface area contributed by atoms with Crippen LogP contribution in [0.3, 0.4) is 0 Å². The van der Waals surface area contributed by atoms with Crippen molar-refractivity contribution >= 4 is 21.6 Å². The van der Waals surface area contributed by atoms with Gasteiger partial charge < -0.3 is 5.32 Å². The minimum Gasteiger partial charge on any atom is -0.356 e. The van der Waals surface area contributed by atoms with Crippen molar-refractivity contribution < 1.29 is 13.2 Å². The molecule has 0 fully saturated rings. The van der Waals surface area contributed by atoms with Gasteiger partial charge in [-0.1, -0.05) is 26.0 Å². The highest BCUT2D eigenvalue weighted by Crippen LogP contribution is 2.25. The Morgan fingerprint density at radius 1 is 1.27 bits per heavy atom. The zero-order valence-corrected chi connectivity index (χ0v) is 14.8. The standard InChI is InChI=1S/C16H26N2O3S/c1-12(2)11-17-16(19)9-10-18(22(5,20)21)15-8-6-7-13(3)14(15)4/h6-8,12H,9-11H2,1-5H3,(H,17,19). The van der Waals surface area contributed by atoms with Crippen molar-refractivity contribution in [3.63, 3.8) is 0 Å². The van der Waals surface area contributed by atoms with Gasteiger partial charge in [-0.05, 0) is 37.0 Å². The molecule has 0 aliphatic heterocycles. The van der Waals surface area contributed by atoms with Crippen LogP contribution >= 0.6 is 0 Å². The van der Waals surface area contributed by atoms with Crippen LogP contribution < -0.4 is 9.62 Å². The summed E-state index contributed by atoms with van der Waals surface area (Å²) < 4.78 is 25.4. The molecule has 0 aliphatic carbocycles. The van der Waals surface area contributed by atoms with Crippen molar-refractivity contribution in [2.24, 2.45) is 5.92 Å². The Balaban J connectivity index is 2.88. The lowest BCUT2D eigenvalue weighted by molar-refractivity contribution is -0.121. The fraction of sp³-hybridized carbons (Fsp3) is 0.562. The third-order valence-electron chi connectivity index (χ3n) is 3.49. The van der Waals surface area contributed by atoms with Crippen LogP contribution in [0.25, 0.3) is 0 Å². The zero-order chi connectivity index (χ0) is 16.9. The van der Waals surface area contributed by atoms with Gasteiger partial charge in [-0.3, -0.25) is 9.10 Å². The van der Waals surface area contributed by atoms with E-state index in [0.717, 1.165) is 11.1 Å². The first kappa shape index (κ1) is 18.5. The number of aryl methyl sites for hydroxylation is 1. The van der Waals surface area contributed by atoms with Crippen molar-refractivity contribution in [3.8, 4) is 0 Å². The number of nitrogens with zero attached hydrogens (tertiary/aromatic N) is 1. The normalized spacial score (nSPS) is 11.5. The summed E-state index contributed by atoms with van der Waals surface area (Å²) in [7, 11) is -3.43. The second-order valence-electron chi connectivity index (χ2n) is 6.00. The molecule has 6 heteroatoms. The molecule has 22 heavy (non-hydrogen) atoms. The average molecular weight is 326 g/mol.